The molecule has 9 heteroatoms. The highest BCUT2D eigenvalue weighted by Gasteiger charge is 2.27. The Morgan fingerprint density at radius 2 is 2.12 bits per heavy atom. The van der Waals surface area contributed by atoms with Crippen molar-refractivity contribution in [2.24, 2.45) is 5.92 Å². The molecule has 7 nitrogen and oxygen atoms in total. The van der Waals surface area contributed by atoms with Crippen LogP contribution in [0.25, 0.3) is 0 Å². The molecule has 0 bridgehead atoms. The number of carbonyl (C=O) groups excluding carboxylic acids is 2. The average molecular weight is 392 g/mol. The number of rotatable bonds is 5. The Morgan fingerprint density at radius 1 is 1.27 bits per heavy atom. The van der Waals surface area contributed by atoms with Gasteiger partial charge in [-0.15, -0.1) is 22.7 Å². The van der Waals surface area contributed by atoms with Gasteiger partial charge in [-0.3, -0.25) is 14.5 Å². The van der Waals surface area contributed by atoms with Crippen molar-refractivity contribution in [2.75, 3.05) is 23.7 Å². The number of thiazole rings is 2. The first-order valence-electron chi connectivity index (χ1n) is 8.80. The average Bonchev–Trinajstić information content (AvgIpc) is 3.10. The molecule has 1 aliphatic carbocycles. The Bertz CT molecular complexity index is 827. The highest BCUT2D eigenvalue weighted by molar-refractivity contribution is 7.16. The summed E-state index contributed by atoms with van der Waals surface area (Å²) in [6.45, 7) is 3.72. The lowest BCUT2D eigenvalue weighted by Gasteiger charge is -2.24. The van der Waals surface area contributed by atoms with Crippen LogP contribution < -0.4 is 10.6 Å². The number of hydrogen-bond acceptors (Lipinski definition) is 7. The normalized spacial score (nSPS) is 17.4. The quantitative estimate of drug-likeness (QED) is 0.818. The first-order chi connectivity index (χ1) is 12.6. The van der Waals surface area contributed by atoms with Gasteiger partial charge in [0.05, 0.1) is 17.9 Å². The molecule has 1 saturated carbocycles. The Labute approximate surface area is 159 Å². The van der Waals surface area contributed by atoms with Gasteiger partial charge >= 0.3 is 0 Å². The molecule has 2 aliphatic rings. The number of fused-ring (bicyclic) bond motifs is 1. The van der Waals surface area contributed by atoms with E-state index in [-0.39, 0.29) is 17.7 Å². The van der Waals surface area contributed by atoms with Crippen LogP contribution in [0.1, 0.15) is 35.5 Å². The maximum absolute atomic E-state index is 12.2. The number of carbonyl (C=O) groups is 2. The van der Waals surface area contributed by atoms with E-state index in [1.165, 1.54) is 22.7 Å². The summed E-state index contributed by atoms with van der Waals surface area (Å²) >= 11 is 2.96. The van der Waals surface area contributed by atoms with E-state index in [1.54, 1.807) is 0 Å². The zero-order chi connectivity index (χ0) is 18.1. The predicted octanol–water partition coefficient (Wildman–Crippen LogP) is 2.64. The minimum absolute atomic E-state index is 0.0502. The molecule has 1 fully saturated rings. The molecule has 26 heavy (non-hydrogen) atoms. The van der Waals surface area contributed by atoms with Crippen molar-refractivity contribution in [1.82, 2.24) is 14.9 Å². The zero-order valence-corrected chi connectivity index (χ0v) is 16.2. The number of anilines is 2. The minimum atomic E-state index is -0.0502. The van der Waals surface area contributed by atoms with Gasteiger partial charge in [-0.25, -0.2) is 9.97 Å². The van der Waals surface area contributed by atoms with Gasteiger partial charge in [0, 0.05) is 35.7 Å². The van der Waals surface area contributed by atoms with E-state index < -0.39 is 0 Å². The molecule has 2 aromatic rings. The van der Waals surface area contributed by atoms with Gasteiger partial charge in [-0.05, 0) is 19.8 Å². The fraction of sp³-hybridized carbons (Fsp3) is 0.529. The number of nitrogens with zero attached hydrogens (tertiary/aromatic N) is 3. The van der Waals surface area contributed by atoms with E-state index in [0.29, 0.717) is 23.4 Å². The lowest BCUT2D eigenvalue weighted by atomic mass is 9.85. The first kappa shape index (κ1) is 17.6. The maximum Gasteiger partial charge on any atom is 0.240 e. The molecule has 0 radical (unpaired) electrons. The van der Waals surface area contributed by atoms with Gasteiger partial charge in [0.25, 0.3) is 0 Å². The Hall–Kier alpha value is -1.84. The van der Waals surface area contributed by atoms with Crippen LogP contribution in [0.5, 0.6) is 0 Å². The molecule has 0 aromatic carbocycles. The van der Waals surface area contributed by atoms with Gasteiger partial charge < -0.3 is 10.6 Å². The second-order valence-corrected chi connectivity index (χ2v) is 8.75. The van der Waals surface area contributed by atoms with Gasteiger partial charge in [-0.2, -0.15) is 0 Å². The van der Waals surface area contributed by atoms with Crippen LogP contribution in [0, 0.1) is 12.8 Å². The zero-order valence-electron chi connectivity index (χ0n) is 14.6. The lowest BCUT2D eigenvalue weighted by Crippen LogP contribution is -2.36. The number of aromatic nitrogens is 2. The van der Waals surface area contributed by atoms with Gasteiger partial charge in [-0.1, -0.05) is 6.42 Å². The monoisotopic (exact) mass is 391 g/mol. The minimum Gasteiger partial charge on any atom is -0.302 e. The molecule has 2 N–H and O–H groups in total. The number of hydrogen-bond donors (Lipinski definition) is 2. The summed E-state index contributed by atoms with van der Waals surface area (Å²) in [5, 5.41) is 9.05. The van der Waals surface area contributed by atoms with Gasteiger partial charge in [0.15, 0.2) is 10.3 Å². The van der Waals surface area contributed by atoms with Crippen LogP contribution in [0.4, 0.5) is 10.3 Å². The van der Waals surface area contributed by atoms with Crippen molar-refractivity contribution >= 4 is 44.8 Å². The molecule has 138 valence electrons. The van der Waals surface area contributed by atoms with Gasteiger partial charge in [0.1, 0.15) is 0 Å². The summed E-state index contributed by atoms with van der Waals surface area (Å²) in [5.74, 6) is 0.203. The van der Waals surface area contributed by atoms with Crippen LogP contribution in [0.15, 0.2) is 5.38 Å². The van der Waals surface area contributed by atoms with E-state index in [2.05, 4.69) is 25.5 Å². The largest absolute Gasteiger partial charge is 0.302 e. The fourth-order valence-electron chi connectivity index (χ4n) is 3.09. The first-order valence-corrected chi connectivity index (χ1v) is 10.5. The molecule has 0 atom stereocenters. The van der Waals surface area contributed by atoms with Gasteiger partial charge in [0.2, 0.25) is 11.8 Å². The van der Waals surface area contributed by atoms with Crippen LogP contribution in [-0.4, -0.2) is 39.8 Å². The van der Waals surface area contributed by atoms with Crippen LogP contribution in [0.2, 0.25) is 0 Å². The molecule has 3 heterocycles. The molecule has 0 saturated heterocycles. The third-order valence-electron chi connectivity index (χ3n) is 4.75. The Balaban J connectivity index is 1.32. The lowest BCUT2D eigenvalue weighted by molar-refractivity contribution is -0.122. The summed E-state index contributed by atoms with van der Waals surface area (Å²) in [4.78, 5) is 36.4. The van der Waals surface area contributed by atoms with Crippen molar-refractivity contribution in [2.45, 2.75) is 39.2 Å². The van der Waals surface area contributed by atoms with Crippen molar-refractivity contribution in [3.8, 4) is 0 Å². The van der Waals surface area contributed by atoms with Crippen molar-refractivity contribution in [3.05, 3.63) is 21.6 Å². The molecule has 4 rings (SSSR count). The Kier molecular flexibility index (Phi) is 5.01. The third-order valence-corrected chi connectivity index (χ3v) is 6.62. The second-order valence-electron chi connectivity index (χ2n) is 6.81. The van der Waals surface area contributed by atoms with Crippen molar-refractivity contribution in [3.63, 3.8) is 0 Å². The van der Waals surface area contributed by atoms with Crippen LogP contribution in [-0.2, 0) is 22.6 Å². The van der Waals surface area contributed by atoms with E-state index in [9.17, 15) is 9.59 Å². The number of amides is 2. The molecule has 2 amide bonds. The smallest absolute Gasteiger partial charge is 0.240 e. The molecular formula is C17H21N5O2S2. The summed E-state index contributed by atoms with van der Waals surface area (Å²) < 4.78 is 0. The molecular weight excluding hydrogens is 370 g/mol. The SMILES string of the molecule is Cc1csc(NC(=O)CN2CCc3nc(NC(=O)C4CCC4)sc3C2)n1. The topological polar surface area (TPSA) is 87.2 Å². The summed E-state index contributed by atoms with van der Waals surface area (Å²) in [6, 6.07) is 0. The third kappa shape index (κ3) is 3.94. The highest BCUT2D eigenvalue weighted by Crippen LogP contribution is 2.31. The van der Waals surface area contributed by atoms with Crippen LogP contribution >= 0.6 is 22.7 Å². The molecule has 2 aromatic heterocycles. The van der Waals surface area contributed by atoms with Crippen molar-refractivity contribution < 1.29 is 9.59 Å². The standard InChI is InChI=1S/C17H21N5O2S2/c1-10-9-25-16(18-10)20-14(23)8-22-6-5-12-13(7-22)26-17(19-12)21-15(24)11-3-2-4-11/h9,11H,2-8H2,1H3,(H,18,20,23)(H,19,21,24). The van der Waals surface area contributed by atoms with Crippen molar-refractivity contribution in [1.29, 1.82) is 0 Å². The maximum atomic E-state index is 12.2. The van der Waals surface area contributed by atoms with E-state index >= 15 is 0 Å². The van der Waals surface area contributed by atoms with E-state index in [0.717, 1.165) is 48.5 Å². The summed E-state index contributed by atoms with van der Waals surface area (Å²) in [7, 11) is 0. The number of aryl methyl sites for hydroxylation is 1. The highest BCUT2D eigenvalue weighted by atomic mass is 32.1. The Morgan fingerprint density at radius 3 is 2.81 bits per heavy atom. The fourth-order valence-corrected chi connectivity index (χ4v) is 4.85. The van der Waals surface area contributed by atoms with E-state index in [1.807, 2.05) is 12.3 Å². The molecule has 0 unspecified atom stereocenters. The predicted molar refractivity (Wildman–Crippen MR) is 103 cm³/mol. The molecule has 0 spiro atoms. The summed E-state index contributed by atoms with van der Waals surface area (Å²) in [6.07, 6.45) is 3.91. The molecule has 1 aliphatic heterocycles. The van der Waals surface area contributed by atoms with Crippen LogP contribution in [0.3, 0.4) is 0 Å². The number of nitrogens with one attached hydrogen (secondary N) is 2. The summed E-state index contributed by atoms with van der Waals surface area (Å²) in [5.41, 5.74) is 1.96. The second kappa shape index (κ2) is 7.42. The van der Waals surface area contributed by atoms with E-state index in [4.69, 9.17) is 0 Å².